The molecule has 0 aliphatic carbocycles. The highest BCUT2D eigenvalue weighted by Gasteiger charge is 2.10. The van der Waals surface area contributed by atoms with Gasteiger partial charge in [-0.3, -0.25) is 4.98 Å². The van der Waals surface area contributed by atoms with E-state index >= 15 is 0 Å². The zero-order chi connectivity index (χ0) is 14.8. The topological polar surface area (TPSA) is 72.0 Å². The zero-order valence-corrected chi connectivity index (χ0v) is 11.9. The van der Waals surface area contributed by atoms with E-state index in [1.807, 2.05) is 0 Å². The fourth-order valence-electron chi connectivity index (χ4n) is 2.08. The van der Waals surface area contributed by atoms with Gasteiger partial charge < -0.3 is 9.63 Å². The molecule has 0 aliphatic rings. The van der Waals surface area contributed by atoms with Crippen molar-refractivity contribution in [3.63, 3.8) is 0 Å². The van der Waals surface area contributed by atoms with Crippen molar-refractivity contribution >= 4 is 0 Å². The molecule has 0 radical (unpaired) electrons. The normalized spacial score (nSPS) is 10.8. The van der Waals surface area contributed by atoms with E-state index in [9.17, 15) is 5.11 Å². The van der Waals surface area contributed by atoms with E-state index in [0.29, 0.717) is 23.7 Å². The molecule has 0 amide bonds. The van der Waals surface area contributed by atoms with Gasteiger partial charge in [-0.2, -0.15) is 4.98 Å². The molecular formula is C16H15N3O2. The molecule has 0 saturated carbocycles. The summed E-state index contributed by atoms with van der Waals surface area (Å²) in [4.78, 5) is 8.24. The standard InChI is InChI=1S/C16H15N3O2/c1-10-3-4-12(5-11(10)2)6-15-18-16(21-19-15)13-7-14(20)9-17-8-13/h3-5,7-9,20H,6H2,1-2H3. The number of hydrogen-bond acceptors (Lipinski definition) is 5. The van der Waals surface area contributed by atoms with E-state index in [1.54, 1.807) is 12.3 Å². The van der Waals surface area contributed by atoms with Gasteiger partial charge in [0.1, 0.15) is 5.75 Å². The van der Waals surface area contributed by atoms with Crippen LogP contribution < -0.4 is 0 Å². The second-order valence-corrected chi connectivity index (χ2v) is 5.04. The van der Waals surface area contributed by atoms with Crippen LogP contribution in [0.2, 0.25) is 0 Å². The summed E-state index contributed by atoms with van der Waals surface area (Å²) in [6.07, 6.45) is 3.54. The van der Waals surface area contributed by atoms with Gasteiger partial charge in [-0.25, -0.2) is 0 Å². The van der Waals surface area contributed by atoms with Gasteiger partial charge in [-0.15, -0.1) is 0 Å². The number of nitrogens with zero attached hydrogens (tertiary/aromatic N) is 3. The summed E-state index contributed by atoms with van der Waals surface area (Å²) in [5, 5.41) is 13.4. The molecule has 0 aliphatic heterocycles. The number of pyridine rings is 1. The Hall–Kier alpha value is -2.69. The lowest BCUT2D eigenvalue weighted by Gasteiger charge is -2.02. The van der Waals surface area contributed by atoms with Crippen LogP contribution in [0.3, 0.4) is 0 Å². The minimum Gasteiger partial charge on any atom is -0.506 e. The Morgan fingerprint density at radius 3 is 2.71 bits per heavy atom. The molecule has 2 heterocycles. The number of aromatic hydroxyl groups is 1. The summed E-state index contributed by atoms with van der Waals surface area (Å²) in [6.45, 7) is 4.17. The van der Waals surface area contributed by atoms with Gasteiger partial charge in [0.15, 0.2) is 5.82 Å². The third-order valence-electron chi connectivity index (χ3n) is 3.37. The molecule has 0 atom stereocenters. The van der Waals surface area contributed by atoms with Gasteiger partial charge in [0.05, 0.1) is 11.8 Å². The maximum atomic E-state index is 9.42. The van der Waals surface area contributed by atoms with Gasteiger partial charge in [0.25, 0.3) is 5.89 Å². The van der Waals surface area contributed by atoms with Crippen LogP contribution >= 0.6 is 0 Å². The van der Waals surface area contributed by atoms with Crippen molar-refractivity contribution in [3.8, 4) is 17.2 Å². The Bertz CT molecular complexity index is 781. The van der Waals surface area contributed by atoms with Crippen molar-refractivity contribution in [3.05, 3.63) is 59.2 Å². The smallest absolute Gasteiger partial charge is 0.259 e. The highest BCUT2D eigenvalue weighted by atomic mass is 16.5. The zero-order valence-electron chi connectivity index (χ0n) is 11.9. The molecule has 3 rings (SSSR count). The highest BCUT2D eigenvalue weighted by molar-refractivity contribution is 5.53. The predicted octanol–water partition coefficient (Wildman–Crippen LogP) is 3.04. The van der Waals surface area contributed by atoms with Crippen LogP contribution in [0.4, 0.5) is 0 Å². The third-order valence-corrected chi connectivity index (χ3v) is 3.37. The van der Waals surface area contributed by atoms with E-state index < -0.39 is 0 Å². The molecule has 21 heavy (non-hydrogen) atoms. The van der Waals surface area contributed by atoms with Gasteiger partial charge in [0.2, 0.25) is 0 Å². The van der Waals surface area contributed by atoms with Crippen LogP contribution in [0.15, 0.2) is 41.2 Å². The molecule has 5 nitrogen and oxygen atoms in total. The van der Waals surface area contributed by atoms with Crippen LogP contribution in [0.25, 0.3) is 11.5 Å². The van der Waals surface area contributed by atoms with Gasteiger partial charge in [-0.05, 0) is 36.6 Å². The molecule has 3 aromatic rings. The van der Waals surface area contributed by atoms with Crippen LogP contribution in [0, 0.1) is 13.8 Å². The van der Waals surface area contributed by atoms with Crippen molar-refractivity contribution in [2.24, 2.45) is 0 Å². The van der Waals surface area contributed by atoms with E-state index in [4.69, 9.17) is 4.52 Å². The average molecular weight is 281 g/mol. The molecule has 0 saturated heterocycles. The van der Waals surface area contributed by atoms with Crippen molar-refractivity contribution in [1.29, 1.82) is 0 Å². The van der Waals surface area contributed by atoms with Crippen LogP contribution in [-0.2, 0) is 6.42 Å². The maximum Gasteiger partial charge on any atom is 0.259 e. The minimum atomic E-state index is 0.0707. The van der Waals surface area contributed by atoms with E-state index in [1.165, 1.54) is 17.3 Å². The van der Waals surface area contributed by atoms with Crippen LogP contribution in [0.5, 0.6) is 5.75 Å². The fraction of sp³-hybridized carbons (Fsp3) is 0.188. The molecule has 0 spiro atoms. The Morgan fingerprint density at radius 1 is 1.10 bits per heavy atom. The second kappa shape index (κ2) is 5.36. The molecular weight excluding hydrogens is 266 g/mol. The average Bonchev–Trinajstić information content (AvgIpc) is 2.91. The van der Waals surface area contributed by atoms with Crippen LogP contribution in [-0.4, -0.2) is 20.2 Å². The number of aryl methyl sites for hydroxylation is 2. The second-order valence-electron chi connectivity index (χ2n) is 5.04. The lowest BCUT2D eigenvalue weighted by atomic mass is 10.0. The highest BCUT2D eigenvalue weighted by Crippen LogP contribution is 2.21. The predicted molar refractivity (Wildman–Crippen MR) is 77.9 cm³/mol. The molecule has 1 N–H and O–H groups in total. The molecule has 0 fully saturated rings. The monoisotopic (exact) mass is 281 g/mol. The van der Waals surface area contributed by atoms with E-state index in [2.05, 4.69) is 47.2 Å². The minimum absolute atomic E-state index is 0.0707. The Morgan fingerprint density at radius 2 is 1.95 bits per heavy atom. The molecule has 0 bridgehead atoms. The van der Waals surface area contributed by atoms with Crippen LogP contribution in [0.1, 0.15) is 22.5 Å². The lowest BCUT2D eigenvalue weighted by Crippen LogP contribution is -1.92. The van der Waals surface area contributed by atoms with E-state index in [-0.39, 0.29) is 5.75 Å². The molecule has 0 unspecified atom stereocenters. The number of aromatic nitrogens is 3. The fourth-order valence-corrected chi connectivity index (χ4v) is 2.08. The Labute approximate surface area is 122 Å². The number of benzene rings is 1. The third kappa shape index (κ3) is 2.91. The first-order chi connectivity index (χ1) is 10.1. The lowest BCUT2D eigenvalue weighted by molar-refractivity contribution is 0.423. The molecule has 1 aromatic carbocycles. The number of hydrogen-bond donors (Lipinski definition) is 1. The Balaban J connectivity index is 1.83. The SMILES string of the molecule is Cc1ccc(Cc2noc(-c3cncc(O)c3)n2)cc1C. The first-order valence-corrected chi connectivity index (χ1v) is 6.65. The first-order valence-electron chi connectivity index (χ1n) is 6.65. The Kier molecular flexibility index (Phi) is 3.39. The first kappa shape index (κ1) is 13.3. The van der Waals surface area contributed by atoms with Crippen molar-refractivity contribution in [2.75, 3.05) is 0 Å². The largest absolute Gasteiger partial charge is 0.506 e. The van der Waals surface area contributed by atoms with E-state index in [0.717, 1.165) is 5.56 Å². The van der Waals surface area contributed by atoms with Gasteiger partial charge in [-0.1, -0.05) is 23.4 Å². The summed E-state index contributed by atoms with van der Waals surface area (Å²) >= 11 is 0. The molecule has 5 heteroatoms. The van der Waals surface area contributed by atoms with Crippen molar-refractivity contribution in [2.45, 2.75) is 20.3 Å². The van der Waals surface area contributed by atoms with Gasteiger partial charge >= 0.3 is 0 Å². The summed E-state index contributed by atoms with van der Waals surface area (Å²) in [5.41, 5.74) is 4.25. The molecule has 106 valence electrons. The maximum absolute atomic E-state index is 9.42. The van der Waals surface area contributed by atoms with Crippen molar-refractivity contribution < 1.29 is 9.63 Å². The quantitative estimate of drug-likeness (QED) is 0.798. The van der Waals surface area contributed by atoms with Crippen molar-refractivity contribution in [1.82, 2.24) is 15.1 Å². The van der Waals surface area contributed by atoms with Gasteiger partial charge in [0, 0.05) is 12.6 Å². The summed E-state index contributed by atoms with van der Waals surface area (Å²) in [6, 6.07) is 7.82. The summed E-state index contributed by atoms with van der Waals surface area (Å²) in [5.74, 6) is 1.04. The summed E-state index contributed by atoms with van der Waals surface area (Å²) in [7, 11) is 0. The molecule has 2 aromatic heterocycles. The summed E-state index contributed by atoms with van der Waals surface area (Å²) < 4.78 is 5.22. The number of rotatable bonds is 3.